The van der Waals surface area contributed by atoms with Gasteiger partial charge in [0.1, 0.15) is 5.82 Å². The number of nitrogens with zero attached hydrogens (tertiary/aromatic N) is 3. The number of benzene rings is 1. The number of rotatable bonds is 7. The number of amides is 1. The van der Waals surface area contributed by atoms with E-state index in [0.29, 0.717) is 6.54 Å². The van der Waals surface area contributed by atoms with E-state index in [-0.39, 0.29) is 11.8 Å². The number of nitrogens with one attached hydrogen (secondary N) is 1. The summed E-state index contributed by atoms with van der Waals surface area (Å²) in [7, 11) is 4.14. The minimum atomic E-state index is 0.0209. The maximum absolute atomic E-state index is 11.7. The van der Waals surface area contributed by atoms with Gasteiger partial charge in [-0.1, -0.05) is 26.0 Å². The second-order valence-electron chi connectivity index (χ2n) is 6.17. The average molecular weight is 302 g/mol. The Morgan fingerprint density at radius 1 is 1.32 bits per heavy atom. The lowest BCUT2D eigenvalue weighted by molar-refractivity contribution is -0.123. The van der Waals surface area contributed by atoms with Gasteiger partial charge in [0.2, 0.25) is 5.91 Å². The summed E-state index contributed by atoms with van der Waals surface area (Å²) in [5.74, 6) is 1.15. The molecule has 2 rings (SSSR count). The number of carbonyl (C=O) groups is 1. The number of likely N-dealkylation sites (N-methyl/N-ethyl adjacent to an activating group) is 1. The summed E-state index contributed by atoms with van der Waals surface area (Å²) in [5, 5.41) is 2.96. The van der Waals surface area contributed by atoms with Crippen LogP contribution in [-0.2, 0) is 17.8 Å². The molecule has 1 aromatic carbocycles. The van der Waals surface area contributed by atoms with Crippen molar-refractivity contribution >= 4 is 16.9 Å². The fourth-order valence-corrected chi connectivity index (χ4v) is 2.37. The zero-order valence-electron chi connectivity index (χ0n) is 14.0. The van der Waals surface area contributed by atoms with E-state index in [1.54, 1.807) is 0 Å². The summed E-state index contributed by atoms with van der Waals surface area (Å²) < 4.78 is 2.26. The van der Waals surface area contributed by atoms with Crippen LogP contribution >= 0.6 is 0 Å². The van der Waals surface area contributed by atoms with E-state index in [9.17, 15) is 4.79 Å². The zero-order chi connectivity index (χ0) is 16.1. The first kappa shape index (κ1) is 16.5. The molecule has 0 bridgehead atoms. The van der Waals surface area contributed by atoms with Crippen molar-refractivity contribution in [2.75, 3.05) is 27.2 Å². The van der Waals surface area contributed by atoms with Crippen molar-refractivity contribution < 1.29 is 4.79 Å². The highest BCUT2D eigenvalue weighted by Crippen LogP contribution is 2.16. The van der Waals surface area contributed by atoms with Gasteiger partial charge in [0, 0.05) is 32.0 Å². The molecular formula is C17H26N4O. The first-order chi connectivity index (χ1) is 10.5. The van der Waals surface area contributed by atoms with Crippen molar-refractivity contribution in [2.45, 2.75) is 26.8 Å². The molecule has 0 unspecified atom stereocenters. The maximum Gasteiger partial charge on any atom is 0.222 e. The number of aromatic nitrogens is 2. The van der Waals surface area contributed by atoms with E-state index in [2.05, 4.69) is 34.9 Å². The van der Waals surface area contributed by atoms with Crippen LogP contribution in [-0.4, -0.2) is 47.5 Å². The van der Waals surface area contributed by atoms with Crippen LogP contribution in [0.15, 0.2) is 24.3 Å². The predicted molar refractivity (Wildman–Crippen MR) is 89.8 cm³/mol. The summed E-state index contributed by atoms with van der Waals surface area (Å²) in [6, 6.07) is 8.20. The molecule has 1 amide bonds. The zero-order valence-corrected chi connectivity index (χ0v) is 14.0. The van der Waals surface area contributed by atoms with E-state index >= 15 is 0 Å². The molecule has 0 aliphatic carbocycles. The van der Waals surface area contributed by atoms with Crippen LogP contribution in [0.25, 0.3) is 11.0 Å². The highest BCUT2D eigenvalue weighted by atomic mass is 16.1. The minimum absolute atomic E-state index is 0.0209. The lowest BCUT2D eigenvalue weighted by Gasteiger charge is -2.14. The van der Waals surface area contributed by atoms with Gasteiger partial charge in [0.15, 0.2) is 0 Å². The molecule has 0 atom stereocenters. The molecule has 2 aromatic rings. The molecule has 5 nitrogen and oxygen atoms in total. The highest BCUT2D eigenvalue weighted by Gasteiger charge is 2.11. The summed E-state index contributed by atoms with van der Waals surface area (Å²) in [6.45, 7) is 6.30. The van der Waals surface area contributed by atoms with Crippen LogP contribution in [0.1, 0.15) is 19.7 Å². The van der Waals surface area contributed by atoms with Crippen LogP contribution in [0.3, 0.4) is 0 Å². The third kappa shape index (κ3) is 4.07. The van der Waals surface area contributed by atoms with Gasteiger partial charge >= 0.3 is 0 Å². The third-order valence-electron chi connectivity index (χ3n) is 3.68. The van der Waals surface area contributed by atoms with Crippen molar-refractivity contribution in [3.63, 3.8) is 0 Å². The predicted octanol–water partition coefficient (Wildman–Crippen LogP) is 1.91. The van der Waals surface area contributed by atoms with Crippen LogP contribution in [0.4, 0.5) is 0 Å². The first-order valence-electron chi connectivity index (χ1n) is 7.85. The summed E-state index contributed by atoms with van der Waals surface area (Å²) in [6.07, 6.45) is 0.751. The molecule has 1 heterocycles. The fourth-order valence-electron chi connectivity index (χ4n) is 2.37. The van der Waals surface area contributed by atoms with Crippen LogP contribution in [0.2, 0.25) is 0 Å². The van der Waals surface area contributed by atoms with Crippen molar-refractivity contribution in [3.05, 3.63) is 30.1 Å². The van der Waals surface area contributed by atoms with E-state index in [0.717, 1.165) is 36.4 Å². The number of hydrogen-bond acceptors (Lipinski definition) is 3. The Labute approximate surface area is 132 Å². The minimum Gasteiger partial charge on any atom is -0.355 e. The van der Waals surface area contributed by atoms with Gasteiger partial charge in [-0.2, -0.15) is 0 Å². The molecule has 0 fully saturated rings. The summed E-state index contributed by atoms with van der Waals surface area (Å²) in [5.41, 5.74) is 2.18. The largest absolute Gasteiger partial charge is 0.355 e. The Kier molecular flexibility index (Phi) is 5.55. The highest BCUT2D eigenvalue weighted by molar-refractivity contribution is 5.78. The van der Waals surface area contributed by atoms with E-state index in [4.69, 9.17) is 4.98 Å². The van der Waals surface area contributed by atoms with Crippen LogP contribution < -0.4 is 5.32 Å². The van der Waals surface area contributed by atoms with E-state index < -0.39 is 0 Å². The molecule has 0 saturated carbocycles. The van der Waals surface area contributed by atoms with Crippen molar-refractivity contribution in [2.24, 2.45) is 5.92 Å². The molecular weight excluding hydrogens is 276 g/mol. The smallest absolute Gasteiger partial charge is 0.222 e. The van der Waals surface area contributed by atoms with Crippen LogP contribution in [0, 0.1) is 5.92 Å². The Morgan fingerprint density at radius 2 is 2.05 bits per heavy atom. The molecule has 0 radical (unpaired) electrons. The van der Waals surface area contributed by atoms with Crippen molar-refractivity contribution in [1.82, 2.24) is 19.8 Å². The molecule has 1 N–H and O–H groups in total. The molecule has 0 aliphatic rings. The first-order valence-corrected chi connectivity index (χ1v) is 7.85. The number of carbonyl (C=O) groups excluding carboxylic acids is 1. The molecule has 0 spiro atoms. The fraction of sp³-hybridized carbons (Fsp3) is 0.529. The number of fused-ring (bicyclic) bond motifs is 1. The molecule has 1 aromatic heterocycles. The quantitative estimate of drug-likeness (QED) is 0.850. The van der Waals surface area contributed by atoms with Gasteiger partial charge in [-0.15, -0.1) is 0 Å². The Morgan fingerprint density at radius 3 is 2.73 bits per heavy atom. The van der Waals surface area contributed by atoms with Gasteiger partial charge in [0.25, 0.3) is 0 Å². The van der Waals surface area contributed by atoms with Gasteiger partial charge < -0.3 is 14.8 Å². The Hall–Kier alpha value is -1.88. The SMILES string of the molecule is CC(C)C(=O)NCCc1nc2ccccc2n1CCN(C)C. The number of imidazole rings is 1. The summed E-state index contributed by atoms with van der Waals surface area (Å²) in [4.78, 5) is 18.6. The van der Waals surface area contributed by atoms with Crippen molar-refractivity contribution in [1.29, 1.82) is 0 Å². The Bertz CT molecular complexity index is 631. The lowest BCUT2D eigenvalue weighted by Crippen LogP contribution is -2.30. The van der Waals surface area contributed by atoms with E-state index in [1.165, 1.54) is 0 Å². The van der Waals surface area contributed by atoms with Gasteiger partial charge in [-0.3, -0.25) is 4.79 Å². The third-order valence-corrected chi connectivity index (χ3v) is 3.68. The number of hydrogen-bond donors (Lipinski definition) is 1. The lowest BCUT2D eigenvalue weighted by atomic mass is 10.2. The summed E-state index contributed by atoms with van der Waals surface area (Å²) >= 11 is 0. The molecule has 0 saturated heterocycles. The standard InChI is InChI=1S/C17H26N4O/c1-13(2)17(22)18-10-9-16-19-14-7-5-6-8-15(14)21(16)12-11-20(3)4/h5-8,13H,9-12H2,1-4H3,(H,18,22). The van der Waals surface area contributed by atoms with Crippen LogP contribution in [0.5, 0.6) is 0 Å². The maximum atomic E-state index is 11.7. The topological polar surface area (TPSA) is 50.2 Å². The monoisotopic (exact) mass is 302 g/mol. The molecule has 22 heavy (non-hydrogen) atoms. The molecule has 5 heteroatoms. The average Bonchev–Trinajstić information content (AvgIpc) is 2.82. The normalized spacial score (nSPS) is 11.5. The molecule has 120 valence electrons. The van der Waals surface area contributed by atoms with Crippen molar-refractivity contribution in [3.8, 4) is 0 Å². The second-order valence-corrected chi connectivity index (χ2v) is 6.17. The van der Waals surface area contributed by atoms with Gasteiger partial charge in [-0.25, -0.2) is 4.98 Å². The number of para-hydroxylation sites is 2. The second kappa shape index (κ2) is 7.40. The van der Waals surface area contributed by atoms with Gasteiger partial charge in [0.05, 0.1) is 11.0 Å². The van der Waals surface area contributed by atoms with Gasteiger partial charge in [-0.05, 0) is 26.2 Å². The van der Waals surface area contributed by atoms with E-state index in [1.807, 2.05) is 32.0 Å². The Balaban J connectivity index is 2.13. The molecule has 0 aliphatic heterocycles.